The van der Waals surface area contributed by atoms with Crippen molar-refractivity contribution in [3.05, 3.63) is 94.0 Å². The van der Waals surface area contributed by atoms with Gasteiger partial charge >= 0.3 is 0 Å². The highest BCUT2D eigenvalue weighted by molar-refractivity contribution is 7.92. The number of sulfonamides is 1. The summed E-state index contributed by atoms with van der Waals surface area (Å²) in [5.74, 6) is -0.845. The number of hydrogen-bond donors (Lipinski definition) is 1. The predicted molar refractivity (Wildman–Crippen MR) is 152 cm³/mol. The number of hydrogen-bond acceptors (Lipinski definition) is 4. The molecule has 1 unspecified atom stereocenters. The zero-order chi connectivity index (χ0) is 28.0. The van der Waals surface area contributed by atoms with E-state index in [-0.39, 0.29) is 17.3 Å². The van der Waals surface area contributed by atoms with Gasteiger partial charge in [-0.1, -0.05) is 53.6 Å². The monoisotopic (exact) mass is 555 g/mol. The van der Waals surface area contributed by atoms with Crippen LogP contribution >= 0.6 is 11.6 Å². The Morgan fingerprint density at radius 3 is 2.26 bits per heavy atom. The van der Waals surface area contributed by atoms with Gasteiger partial charge in [0.05, 0.1) is 10.6 Å². The SMILES string of the molecule is CCNC(=O)C(C)N(Cc1cccc(Cl)c1)C(=O)CN(c1cccc(C)c1C)S(=O)(=O)c1ccc(C)cc1. The number of amides is 2. The van der Waals surface area contributed by atoms with E-state index in [1.54, 1.807) is 56.3 Å². The smallest absolute Gasteiger partial charge is 0.264 e. The quantitative estimate of drug-likeness (QED) is 0.381. The van der Waals surface area contributed by atoms with Crippen molar-refractivity contribution in [2.75, 3.05) is 17.4 Å². The molecule has 202 valence electrons. The van der Waals surface area contributed by atoms with Gasteiger partial charge in [-0.2, -0.15) is 0 Å². The van der Waals surface area contributed by atoms with E-state index in [1.165, 1.54) is 17.0 Å². The van der Waals surface area contributed by atoms with Crippen LogP contribution in [-0.2, 0) is 26.2 Å². The van der Waals surface area contributed by atoms with Gasteiger partial charge in [-0.3, -0.25) is 13.9 Å². The fourth-order valence-electron chi connectivity index (χ4n) is 4.09. The van der Waals surface area contributed by atoms with E-state index in [1.807, 2.05) is 32.9 Å². The first-order valence-electron chi connectivity index (χ1n) is 12.4. The third-order valence-electron chi connectivity index (χ3n) is 6.49. The van der Waals surface area contributed by atoms with Crippen molar-refractivity contribution in [2.45, 2.75) is 52.1 Å². The zero-order valence-corrected chi connectivity index (χ0v) is 23.9. The molecule has 38 heavy (non-hydrogen) atoms. The van der Waals surface area contributed by atoms with E-state index in [2.05, 4.69) is 5.32 Å². The van der Waals surface area contributed by atoms with Crippen molar-refractivity contribution in [1.29, 1.82) is 0 Å². The summed E-state index contributed by atoms with van der Waals surface area (Å²) in [5.41, 5.74) is 3.69. The Hall–Kier alpha value is -3.36. The lowest BCUT2D eigenvalue weighted by molar-refractivity contribution is -0.139. The second-order valence-corrected chi connectivity index (χ2v) is 11.6. The van der Waals surface area contributed by atoms with Crippen LogP contribution in [0.1, 0.15) is 36.1 Å². The van der Waals surface area contributed by atoms with Gasteiger partial charge in [0.2, 0.25) is 11.8 Å². The number of nitrogens with one attached hydrogen (secondary N) is 1. The first-order chi connectivity index (χ1) is 17.9. The highest BCUT2D eigenvalue weighted by Gasteiger charge is 2.33. The summed E-state index contributed by atoms with van der Waals surface area (Å²) in [7, 11) is -4.11. The first kappa shape index (κ1) is 29.2. The number of nitrogens with zero attached hydrogens (tertiary/aromatic N) is 2. The molecular formula is C29H34ClN3O4S. The van der Waals surface area contributed by atoms with Crippen LogP contribution in [0.5, 0.6) is 0 Å². The molecule has 9 heteroatoms. The molecule has 2 amide bonds. The number of carbonyl (C=O) groups excluding carboxylic acids is 2. The minimum Gasteiger partial charge on any atom is -0.355 e. The summed E-state index contributed by atoms with van der Waals surface area (Å²) >= 11 is 6.16. The second kappa shape index (κ2) is 12.5. The Kier molecular flexibility index (Phi) is 9.57. The summed E-state index contributed by atoms with van der Waals surface area (Å²) in [6.07, 6.45) is 0. The molecule has 0 saturated carbocycles. The highest BCUT2D eigenvalue weighted by atomic mass is 35.5. The van der Waals surface area contributed by atoms with Gasteiger partial charge in [-0.15, -0.1) is 0 Å². The molecule has 3 aromatic rings. The molecule has 0 aliphatic carbocycles. The van der Waals surface area contributed by atoms with Crippen molar-refractivity contribution < 1.29 is 18.0 Å². The molecule has 0 saturated heterocycles. The Morgan fingerprint density at radius 2 is 1.63 bits per heavy atom. The van der Waals surface area contributed by atoms with Gasteiger partial charge < -0.3 is 10.2 Å². The molecule has 3 aromatic carbocycles. The van der Waals surface area contributed by atoms with Gasteiger partial charge in [0.15, 0.2) is 0 Å². The molecular weight excluding hydrogens is 522 g/mol. The molecule has 0 aromatic heterocycles. The van der Waals surface area contributed by atoms with Crippen LogP contribution in [0.15, 0.2) is 71.6 Å². The largest absolute Gasteiger partial charge is 0.355 e. The van der Waals surface area contributed by atoms with Crippen molar-refractivity contribution in [3.63, 3.8) is 0 Å². The lowest BCUT2D eigenvalue weighted by Gasteiger charge is -2.32. The maximum absolute atomic E-state index is 13.9. The number of likely N-dealkylation sites (N-methyl/N-ethyl adjacent to an activating group) is 1. The van der Waals surface area contributed by atoms with E-state index in [0.29, 0.717) is 17.3 Å². The lowest BCUT2D eigenvalue weighted by atomic mass is 10.1. The number of carbonyl (C=O) groups is 2. The van der Waals surface area contributed by atoms with Crippen LogP contribution in [0, 0.1) is 20.8 Å². The van der Waals surface area contributed by atoms with Crippen LogP contribution in [0.4, 0.5) is 5.69 Å². The molecule has 0 aliphatic rings. The van der Waals surface area contributed by atoms with Crippen molar-refractivity contribution in [1.82, 2.24) is 10.2 Å². The van der Waals surface area contributed by atoms with Crippen LogP contribution in [0.3, 0.4) is 0 Å². The van der Waals surface area contributed by atoms with Crippen LogP contribution in [0.25, 0.3) is 0 Å². The topological polar surface area (TPSA) is 86.8 Å². The maximum Gasteiger partial charge on any atom is 0.264 e. The van der Waals surface area contributed by atoms with Crippen molar-refractivity contribution in [2.24, 2.45) is 0 Å². The molecule has 3 rings (SSSR count). The Balaban J connectivity index is 2.08. The Bertz CT molecular complexity index is 1410. The number of halogens is 1. The standard InChI is InChI=1S/C29H34ClN3O4S/c1-6-31-29(35)23(5)32(18-24-10-8-11-25(30)17-24)28(34)19-33(27-12-7-9-21(3)22(27)4)38(36,37)26-15-13-20(2)14-16-26/h7-17,23H,6,18-19H2,1-5H3,(H,31,35). The molecule has 1 atom stereocenters. The predicted octanol–water partition coefficient (Wildman–Crippen LogP) is 5.01. The molecule has 0 heterocycles. The summed E-state index contributed by atoms with van der Waals surface area (Å²) in [5, 5.41) is 3.25. The van der Waals surface area contributed by atoms with E-state index >= 15 is 0 Å². The molecule has 0 fully saturated rings. The Morgan fingerprint density at radius 1 is 0.974 bits per heavy atom. The maximum atomic E-state index is 13.9. The first-order valence-corrected chi connectivity index (χ1v) is 14.2. The third-order valence-corrected chi connectivity index (χ3v) is 8.50. The van der Waals surface area contributed by atoms with E-state index in [9.17, 15) is 18.0 Å². The molecule has 1 N–H and O–H groups in total. The normalized spacial score (nSPS) is 12.1. The zero-order valence-electron chi connectivity index (χ0n) is 22.4. The van der Waals surface area contributed by atoms with E-state index in [4.69, 9.17) is 11.6 Å². The fourth-order valence-corrected chi connectivity index (χ4v) is 5.78. The van der Waals surface area contributed by atoms with E-state index < -0.39 is 28.5 Å². The summed E-state index contributed by atoms with van der Waals surface area (Å²) in [6, 6.07) is 18.0. The van der Waals surface area contributed by atoms with Crippen LogP contribution < -0.4 is 9.62 Å². The molecule has 0 radical (unpaired) electrons. The number of benzene rings is 3. The highest BCUT2D eigenvalue weighted by Crippen LogP contribution is 2.29. The Labute approximate surface area is 230 Å². The molecule has 0 aliphatic heterocycles. The number of aryl methyl sites for hydroxylation is 2. The van der Waals surface area contributed by atoms with Crippen LogP contribution in [0.2, 0.25) is 5.02 Å². The third kappa shape index (κ3) is 6.74. The number of rotatable bonds is 10. The average Bonchev–Trinajstić information content (AvgIpc) is 2.87. The second-order valence-electron chi connectivity index (χ2n) is 9.27. The van der Waals surface area contributed by atoms with Gasteiger partial charge in [-0.25, -0.2) is 8.42 Å². The molecule has 0 bridgehead atoms. The van der Waals surface area contributed by atoms with E-state index in [0.717, 1.165) is 26.6 Å². The minimum absolute atomic E-state index is 0.0787. The van der Waals surface area contributed by atoms with Crippen LogP contribution in [-0.4, -0.2) is 44.3 Å². The fraction of sp³-hybridized carbons (Fsp3) is 0.310. The van der Waals surface area contributed by atoms with Gasteiger partial charge in [0, 0.05) is 18.1 Å². The molecule has 7 nitrogen and oxygen atoms in total. The average molecular weight is 556 g/mol. The molecule has 0 spiro atoms. The number of anilines is 1. The summed E-state index contributed by atoms with van der Waals surface area (Å²) in [6.45, 7) is 9.02. The van der Waals surface area contributed by atoms with Gasteiger partial charge in [-0.05, 0) is 81.6 Å². The van der Waals surface area contributed by atoms with Crippen molar-refractivity contribution >= 4 is 39.1 Å². The van der Waals surface area contributed by atoms with Crippen molar-refractivity contribution in [3.8, 4) is 0 Å². The summed E-state index contributed by atoms with van der Waals surface area (Å²) in [4.78, 5) is 28.2. The van der Waals surface area contributed by atoms with Gasteiger partial charge in [0.1, 0.15) is 12.6 Å². The lowest BCUT2D eigenvalue weighted by Crippen LogP contribution is -2.51. The summed E-state index contributed by atoms with van der Waals surface area (Å²) < 4.78 is 29.0. The minimum atomic E-state index is -4.11. The van der Waals surface area contributed by atoms with Gasteiger partial charge in [0.25, 0.3) is 10.0 Å².